The molecule has 39 heavy (non-hydrogen) atoms. The van der Waals surface area contributed by atoms with Crippen molar-refractivity contribution >= 4 is 34.4 Å². The van der Waals surface area contributed by atoms with E-state index in [1.54, 1.807) is 6.21 Å². The van der Waals surface area contributed by atoms with Crippen molar-refractivity contribution in [3.05, 3.63) is 86.3 Å². The van der Waals surface area contributed by atoms with Crippen LogP contribution < -0.4 is 10.7 Å². The molecule has 0 atom stereocenters. The minimum Gasteiger partial charge on any atom is -0.396 e. The fraction of sp³-hybridized carbons (Fsp3) is 0.387. The van der Waals surface area contributed by atoms with Crippen molar-refractivity contribution in [3.63, 3.8) is 0 Å². The van der Waals surface area contributed by atoms with Crippen molar-refractivity contribution < 1.29 is 14.7 Å². The third kappa shape index (κ3) is 6.46. The van der Waals surface area contributed by atoms with Crippen LogP contribution in [0.4, 0.5) is 5.00 Å². The van der Waals surface area contributed by atoms with Crippen molar-refractivity contribution in [2.45, 2.75) is 52.5 Å². The first-order chi connectivity index (χ1) is 18.9. The first-order valence-electron chi connectivity index (χ1n) is 13.7. The number of nitrogens with one attached hydrogen (secondary N) is 2. The number of hydrogen-bond acceptors (Lipinski definition) is 6. The zero-order chi connectivity index (χ0) is 27.4. The summed E-state index contributed by atoms with van der Waals surface area (Å²) in [6.07, 6.45) is 6.41. The molecule has 0 unspecified atom stereocenters. The highest BCUT2D eigenvalue weighted by Gasteiger charge is 2.28. The first-order valence-corrected chi connectivity index (χ1v) is 14.5. The second-order valence-electron chi connectivity index (χ2n) is 10.7. The molecule has 3 aromatic rings. The zero-order valence-electron chi connectivity index (χ0n) is 22.6. The van der Waals surface area contributed by atoms with E-state index in [1.165, 1.54) is 22.5 Å². The first kappa shape index (κ1) is 27.2. The van der Waals surface area contributed by atoms with Gasteiger partial charge in [0, 0.05) is 23.6 Å². The number of aliphatic hydroxyl groups excluding tert-OH is 1. The lowest BCUT2D eigenvalue weighted by Gasteiger charge is -2.31. The molecule has 1 aliphatic heterocycles. The number of carbonyl (C=O) groups is 2. The SMILES string of the molecule is Cc1ccc(C=NNC(=O)c2c(NC(=O)c3cccc(CN4CCC(CO)CC4)c3)sc3c2CCC3)cc1C. The zero-order valence-corrected chi connectivity index (χ0v) is 23.4. The summed E-state index contributed by atoms with van der Waals surface area (Å²) >= 11 is 1.50. The van der Waals surface area contributed by atoms with Crippen LogP contribution in [0.5, 0.6) is 0 Å². The summed E-state index contributed by atoms with van der Waals surface area (Å²) in [4.78, 5) is 30.1. The minimum atomic E-state index is -0.301. The van der Waals surface area contributed by atoms with Crippen LogP contribution in [0, 0.1) is 19.8 Å². The van der Waals surface area contributed by atoms with Crippen LogP contribution in [-0.4, -0.2) is 47.7 Å². The Morgan fingerprint density at radius 2 is 1.90 bits per heavy atom. The maximum absolute atomic E-state index is 13.3. The molecule has 0 spiro atoms. The van der Waals surface area contributed by atoms with Crippen LogP contribution in [0.15, 0.2) is 47.6 Å². The number of aryl methyl sites for hydroxylation is 3. The van der Waals surface area contributed by atoms with Gasteiger partial charge in [0.05, 0.1) is 11.8 Å². The monoisotopic (exact) mass is 544 g/mol. The Morgan fingerprint density at radius 3 is 2.67 bits per heavy atom. The molecule has 7 nitrogen and oxygen atoms in total. The molecule has 2 aliphatic rings. The second-order valence-corrected chi connectivity index (χ2v) is 11.8. The highest BCUT2D eigenvalue weighted by Crippen LogP contribution is 2.39. The molecule has 0 radical (unpaired) electrons. The van der Waals surface area contributed by atoms with E-state index >= 15 is 0 Å². The molecule has 204 valence electrons. The topological polar surface area (TPSA) is 94.0 Å². The second kappa shape index (κ2) is 12.2. The van der Waals surface area contributed by atoms with Gasteiger partial charge in [-0.25, -0.2) is 5.43 Å². The fourth-order valence-electron chi connectivity index (χ4n) is 5.37. The number of hydrazone groups is 1. The molecule has 2 heterocycles. The molecular weight excluding hydrogens is 508 g/mol. The average molecular weight is 545 g/mol. The molecular formula is C31H36N4O3S. The van der Waals surface area contributed by atoms with Crippen LogP contribution in [0.3, 0.4) is 0 Å². The summed E-state index contributed by atoms with van der Waals surface area (Å²) in [5, 5.41) is 17.2. The number of fused-ring (bicyclic) bond motifs is 1. The van der Waals surface area contributed by atoms with Crippen LogP contribution in [0.2, 0.25) is 0 Å². The predicted molar refractivity (Wildman–Crippen MR) is 157 cm³/mol. The predicted octanol–water partition coefficient (Wildman–Crippen LogP) is 5.07. The van der Waals surface area contributed by atoms with Gasteiger partial charge in [-0.3, -0.25) is 14.5 Å². The molecule has 2 aromatic carbocycles. The van der Waals surface area contributed by atoms with E-state index in [2.05, 4.69) is 27.7 Å². The van der Waals surface area contributed by atoms with Crippen LogP contribution >= 0.6 is 11.3 Å². The van der Waals surface area contributed by atoms with E-state index < -0.39 is 0 Å². The standard InChI is InChI=1S/C31H36N4O3S/c1-20-9-10-23(15-21(20)2)17-32-34-30(38)28-26-7-4-8-27(26)39-31(28)33-29(37)25-6-3-5-24(16-25)18-35-13-11-22(19-36)12-14-35/h3,5-6,9-10,15-17,22,36H,4,7-8,11-14,18-19H2,1-2H3,(H,33,37)(H,34,38). The van der Waals surface area contributed by atoms with E-state index in [1.807, 2.05) is 49.4 Å². The largest absolute Gasteiger partial charge is 0.396 e. The van der Waals surface area contributed by atoms with Crippen molar-refractivity contribution in [1.82, 2.24) is 10.3 Å². The van der Waals surface area contributed by atoms with Crippen molar-refractivity contribution in [3.8, 4) is 0 Å². The van der Waals surface area contributed by atoms with Crippen molar-refractivity contribution in [2.24, 2.45) is 11.0 Å². The van der Waals surface area contributed by atoms with Gasteiger partial charge in [0.25, 0.3) is 11.8 Å². The quantitative estimate of drug-likeness (QED) is 0.273. The number of amides is 2. The number of carbonyl (C=O) groups excluding carboxylic acids is 2. The Morgan fingerprint density at radius 1 is 1.08 bits per heavy atom. The molecule has 1 aromatic heterocycles. The number of hydrogen-bond donors (Lipinski definition) is 3. The van der Waals surface area contributed by atoms with Crippen molar-refractivity contribution in [1.29, 1.82) is 0 Å². The van der Waals surface area contributed by atoms with Crippen molar-refractivity contribution in [2.75, 3.05) is 25.0 Å². The molecule has 1 fully saturated rings. The molecule has 1 aliphatic carbocycles. The molecule has 2 amide bonds. The average Bonchev–Trinajstić information content (AvgIpc) is 3.52. The summed E-state index contributed by atoms with van der Waals surface area (Å²) in [7, 11) is 0. The Labute approximate surface area is 233 Å². The smallest absolute Gasteiger partial charge is 0.274 e. The molecule has 3 N–H and O–H groups in total. The van der Waals surface area contributed by atoms with Gasteiger partial charge in [-0.15, -0.1) is 11.3 Å². The minimum absolute atomic E-state index is 0.219. The number of piperidine rings is 1. The number of thiophene rings is 1. The number of nitrogens with zero attached hydrogens (tertiary/aromatic N) is 2. The van der Waals surface area contributed by atoms with E-state index in [4.69, 9.17) is 0 Å². The maximum atomic E-state index is 13.3. The van der Waals surface area contributed by atoms with Crippen LogP contribution in [0.25, 0.3) is 0 Å². The molecule has 5 rings (SSSR count). The Hall–Kier alpha value is -3.33. The lowest BCUT2D eigenvalue weighted by atomic mass is 9.97. The number of likely N-dealkylation sites (tertiary alicyclic amines) is 1. The third-order valence-electron chi connectivity index (χ3n) is 7.85. The van der Waals surface area contributed by atoms with Gasteiger partial charge in [-0.2, -0.15) is 5.10 Å². The molecule has 0 bridgehead atoms. The fourth-order valence-corrected chi connectivity index (χ4v) is 6.65. The van der Waals surface area contributed by atoms with Gasteiger partial charge in [0.2, 0.25) is 0 Å². The lowest BCUT2D eigenvalue weighted by molar-refractivity contribution is 0.0955. The summed E-state index contributed by atoms with van der Waals surface area (Å²) < 4.78 is 0. The van der Waals surface area contributed by atoms with E-state index in [-0.39, 0.29) is 18.4 Å². The molecule has 8 heteroatoms. The highest BCUT2D eigenvalue weighted by atomic mass is 32.1. The number of aliphatic hydroxyl groups is 1. The van der Waals surface area contributed by atoms with Gasteiger partial charge in [-0.1, -0.05) is 30.3 Å². The highest BCUT2D eigenvalue weighted by molar-refractivity contribution is 7.17. The van der Waals surface area contributed by atoms with Gasteiger partial charge >= 0.3 is 0 Å². The number of benzene rings is 2. The summed E-state index contributed by atoms with van der Waals surface area (Å²) in [6, 6.07) is 13.7. The van der Waals surface area contributed by atoms with Gasteiger partial charge < -0.3 is 10.4 Å². The number of rotatable bonds is 8. The van der Waals surface area contributed by atoms with E-state index in [0.29, 0.717) is 22.0 Å². The Balaban J connectivity index is 1.27. The van der Waals surface area contributed by atoms with E-state index in [0.717, 1.165) is 73.3 Å². The summed E-state index contributed by atoms with van der Waals surface area (Å²) in [5.74, 6) is -0.122. The number of anilines is 1. The third-order valence-corrected chi connectivity index (χ3v) is 9.05. The van der Waals surface area contributed by atoms with E-state index in [9.17, 15) is 14.7 Å². The summed E-state index contributed by atoms with van der Waals surface area (Å²) in [5.41, 5.74) is 9.18. The van der Waals surface area contributed by atoms with Crippen LogP contribution in [-0.2, 0) is 19.4 Å². The maximum Gasteiger partial charge on any atom is 0.274 e. The molecule has 1 saturated heterocycles. The normalized spacial score (nSPS) is 16.0. The Kier molecular flexibility index (Phi) is 8.55. The van der Waals surface area contributed by atoms with Crippen LogP contribution in [0.1, 0.15) is 72.7 Å². The Bertz CT molecular complexity index is 1390. The lowest BCUT2D eigenvalue weighted by Crippen LogP contribution is -2.34. The van der Waals surface area contributed by atoms with Gasteiger partial charge in [-0.05, 0) is 105 Å². The van der Waals surface area contributed by atoms with Gasteiger partial charge in [0.1, 0.15) is 5.00 Å². The summed E-state index contributed by atoms with van der Waals surface area (Å²) in [6.45, 7) is 7.04. The molecule has 0 saturated carbocycles. The van der Waals surface area contributed by atoms with Gasteiger partial charge in [0.15, 0.2) is 0 Å².